The number of nitrogens with zero attached hydrogens (tertiary/aromatic N) is 1. The van der Waals surface area contributed by atoms with Crippen LogP contribution < -0.4 is 11.1 Å². The number of hydrogen-bond acceptors (Lipinski definition) is 4. The maximum atomic E-state index is 11.9. The number of ether oxygens (including phenoxy) is 1. The van der Waals surface area contributed by atoms with Crippen LogP contribution in [0, 0.1) is 0 Å². The van der Waals surface area contributed by atoms with Gasteiger partial charge in [0.25, 0.3) is 0 Å². The molecule has 0 aliphatic carbocycles. The van der Waals surface area contributed by atoms with Crippen molar-refractivity contribution in [2.24, 2.45) is 0 Å². The van der Waals surface area contributed by atoms with E-state index in [-0.39, 0.29) is 18.6 Å². The van der Waals surface area contributed by atoms with E-state index >= 15 is 0 Å². The van der Waals surface area contributed by atoms with Gasteiger partial charge < -0.3 is 15.8 Å². The maximum Gasteiger partial charge on any atom is 0.238 e. The summed E-state index contributed by atoms with van der Waals surface area (Å²) in [5.41, 5.74) is 6.73. The minimum Gasteiger partial charge on any atom is -0.399 e. The number of carbonyl (C=O) groups is 1. The van der Waals surface area contributed by atoms with E-state index < -0.39 is 0 Å². The third-order valence-corrected chi connectivity index (χ3v) is 2.92. The Hall–Kier alpha value is -1.30. The van der Waals surface area contributed by atoms with Crippen LogP contribution in [-0.4, -0.2) is 43.7 Å². The molecule has 1 aromatic rings. The van der Waals surface area contributed by atoms with Gasteiger partial charge in [-0.3, -0.25) is 9.69 Å². The zero-order valence-corrected chi connectivity index (χ0v) is 12.9. The molecule has 5 nitrogen and oxygen atoms in total. The molecule has 0 fully saturated rings. The van der Waals surface area contributed by atoms with Gasteiger partial charge in [0.15, 0.2) is 0 Å². The number of nitrogen functional groups attached to an aromatic ring is 1. The smallest absolute Gasteiger partial charge is 0.238 e. The van der Waals surface area contributed by atoms with Crippen molar-refractivity contribution in [3.05, 3.63) is 23.2 Å². The van der Waals surface area contributed by atoms with Gasteiger partial charge in [-0.25, -0.2) is 0 Å². The van der Waals surface area contributed by atoms with Gasteiger partial charge >= 0.3 is 0 Å². The molecular formula is C14H22ClN3O2. The molecule has 3 N–H and O–H groups in total. The molecule has 1 rings (SSSR count). The topological polar surface area (TPSA) is 67.6 Å². The zero-order chi connectivity index (χ0) is 15.1. The number of rotatable bonds is 7. The lowest BCUT2D eigenvalue weighted by atomic mass is 10.3. The molecule has 0 saturated heterocycles. The number of carbonyl (C=O) groups excluding carboxylic acids is 1. The Kier molecular flexibility index (Phi) is 6.78. The largest absolute Gasteiger partial charge is 0.399 e. The Morgan fingerprint density at radius 2 is 2.20 bits per heavy atom. The number of anilines is 2. The Morgan fingerprint density at radius 3 is 2.80 bits per heavy atom. The summed E-state index contributed by atoms with van der Waals surface area (Å²) in [6.45, 7) is 5.54. The summed E-state index contributed by atoms with van der Waals surface area (Å²) in [7, 11) is 1.87. The van der Waals surface area contributed by atoms with Crippen molar-refractivity contribution in [1.29, 1.82) is 0 Å². The molecule has 1 amide bonds. The second-order valence-corrected chi connectivity index (χ2v) is 5.35. The number of benzene rings is 1. The summed E-state index contributed by atoms with van der Waals surface area (Å²) in [5.74, 6) is -0.122. The molecule has 0 radical (unpaired) electrons. The summed E-state index contributed by atoms with van der Waals surface area (Å²) in [6, 6.07) is 5.00. The Morgan fingerprint density at radius 1 is 1.50 bits per heavy atom. The molecule has 0 aliphatic rings. The van der Waals surface area contributed by atoms with Crippen LogP contribution in [0.5, 0.6) is 0 Å². The van der Waals surface area contributed by atoms with E-state index in [1.807, 2.05) is 25.8 Å². The molecule has 0 spiro atoms. The highest BCUT2D eigenvalue weighted by molar-refractivity contribution is 6.34. The fraction of sp³-hybridized carbons (Fsp3) is 0.500. The number of amides is 1. The van der Waals surface area contributed by atoms with Crippen molar-refractivity contribution in [1.82, 2.24) is 4.90 Å². The molecule has 112 valence electrons. The lowest BCUT2D eigenvalue weighted by Gasteiger charge is -2.17. The van der Waals surface area contributed by atoms with Crippen LogP contribution in [0.25, 0.3) is 0 Å². The van der Waals surface area contributed by atoms with Gasteiger partial charge in [-0.1, -0.05) is 11.6 Å². The summed E-state index contributed by atoms with van der Waals surface area (Å²) in [5, 5.41) is 3.19. The number of halogens is 1. The number of hydrogen-bond donors (Lipinski definition) is 2. The highest BCUT2D eigenvalue weighted by atomic mass is 35.5. The van der Waals surface area contributed by atoms with Crippen molar-refractivity contribution >= 4 is 28.9 Å². The molecular weight excluding hydrogens is 278 g/mol. The van der Waals surface area contributed by atoms with Crippen molar-refractivity contribution in [3.8, 4) is 0 Å². The van der Waals surface area contributed by atoms with E-state index in [0.717, 1.165) is 0 Å². The highest BCUT2D eigenvalue weighted by Gasteiger charge is 2.09. The first-order valence-corrected chi connectivity index (χ1v) is 6.91. The van der Waals surface area contributed by atoms with Gasteiger partial charge in [0, 0.05) is 12.2 Å². The van der Waals surface area contributed by atoms with Gasteiger partial charge in [-0.05, 0) is 39.1 Å². The van der Waals surface area contributed by atoms with Gasteiger partial charge in [0.1, 0.15) is 0 Å². The summed E-state index contributed by atoms with van der Waals surface area (Å²) >= 11 is 6.00. The van der Waals surface area contributed by atoms with Crippen LogP contribution in [0.3, 0.4) is 0 Å². The van der Waals surface area contributed by atoms with Crippen LogP contribution in [0.2, 0.25) is 5.02 Å². The standard InChI is InChI=1S/C14H22ClN3O2/c1-10(2)20-7-6-18(3)9-14(19)17-13-5-4-11(16)8-12(13)15/h4-5,8,10H,6-7,9,16H2,1-3H3,(H,17,19). The second-order valence-electron chi connectivity index (χ2n) is 4.94. The number of likely N-dealkylation sites (N-methyl/N-ethyl adjacent to an activating group) is 1. The molecule has 0 atom stereocenters. The van der Waals surface area contributed by atoms with E-state index in [0.29, 0.717) is 29.5 Å². The third kappa shape index (κ3) is 6.23. The van der Waals surface area contributed by atoms with E-state index in [1.54, 1.807) is 18.2 Å². The summed E-state index contributed by atoms with van der Waals surface area (Å²) in [6.07, 6.45) is 0.200. The third-order valence-electron chi connectivity index (χ3n) is 2.60. The average Bonchev–Trinajstić information content (AvgIpc) is 2.32. The first kappa shape index (κ1) is 16.8. The van der Waals surface area contributed by atoms with Crippen LogP contribution in [0.4, 0.5) is 11.4 Å². The summed E-state index contributed by atoms with van der Waals surface area (Å²) < 4.78 is 5.44. The van der Waals surface area contributed by atoms with E-state index in [1.165, 1.54) is 0 Å². The SMILES string of the molecule is CC(C)OCCN(C)CC(=O)Nc1ccc(N)cc1Cl. The molecule has 0 unspecified atom stereocenters. The molecule has 1 aromatic carbocycles. The normalized spacial score (nSPS) is 11.1. The van der Waals surface area contributed by atoms with Gasteiger partial charge in [0.2, 0.25) is 5.91 Å². The van der Waals surface area contributed by atoms with Crippen molar-refractivity contribution < 1.29 is 9.53 Å². The first-order chi connectivity index (χ1) is 9.38. The van der Waals surface area contributed by atoms with Crippen LogP contribution in [0.15, 0.2) is 18.2 Å². The molecule has 6 heteroatoms. The van der Waals surface area contributed by atoms with E-state index in [2.05, 4.69) is 5.32 Å². The molecule has 0 bridgehead atoms. The van der Waals surface area contributed by atoms with Crippen molar-refractivity contribution in [2.45, 2.75) is 20.0 Å². The van der Waals surface area contributed by atoms with Crippen LogP contribution in [0.1, 0.15) is 13.8 Å². The van der Waals surface area contributed by atoms with Crippen LogP contribution in [-0.2, 0) is 9.53 Å². The molecule has 0 aliphatic heterocycles. The van der Waals surface area contributed by atoms with Gasteiger partial charge in [0.05, 0.1) is 30.0 Å². The highest BCUT2D eigenvalue weighted by Crippen LogP contribution is 2.23. The lowest BCUT2D eigenvalue weighted by Crippen LogP contribution is -2.33. The predicted molar refractivity (Wildman–Crippen MR) is 83.1 cm³/mol. The fourth-order valence-corrected chi connectivity index (χ4v) is 1.83. The van der Waals surface area contributed by atoms with E-state index in [9.17, 15) is 4.79 Å². The number of nitrogens with one attached hydrogen (secondary N) is 1. The summed E-state index contributed by atoms with van der Waals surface area (Å²) in [4.78, 5) is 13.8. The Balaban J connectivity index is 2.39. The Bertz CT molecular complexity index is 452. The average molecular weight is 300 g/mol. The zero-order valence-electron chi connectivity index (χ0n) is 12.1. The quantitative estimate of drug-likeness (QED) is 0.758. The van der Waals surface area contributed by atoms with Gasteiger partial charge in [-0.2, -0.15) is 0 Å². The van der Waals surface area contributed by atoms with Gasteiger partial charge in [-0.15, -0.1) is 0 Å². The minimum absolute atomic E-state index is 0.122. The maximum absolute atomic E-state index is 11.9. The predicted octanol–water partition coefficient (Wildman–Crippen LogP) is 2.22. The minimum atomic E-state index is -0.122. The second kappa shape index (κ2) is 8.09. The monoisotopic (exact) mass is 299 g/mol. The first-order valence-electron chi connectivity index (χ1n) is 6.53. The molecule has 20 heavy (non-hydrogen) atoms. The van der Waals surface area contributed by atoms with Crippen LogP contribution >= 0.6 is 11.6 Å². The number of nitrogens with two attached hydrogens (primary N) is 1. The van der Waals surface area contributed by atoms with E-state index in [4.69, 9.17) is 22.1 Å². The van der Waals surface area contributed by atoms with Crippen molar-refractivity contribution in [2.75, 3.05) is 37.8 Å². The fourth-order valence-electron chi connectivity index (χ4n) is 1.59. The molecule has 0 aromatic heterocycles. The van der Waals surface area contributed by atoms with Crippen molar-refractivity contribution in [3.63, 3.8) is 0 Å². The molecule has 0 heterocycles. The lowest BCUT2D eigenvalue weighted by molar-refractivity contribution is -0.117. The Labute approximate surface area is 125 Å². The molecule has 0 saturated carbocycles.